The Hall–Kier alpha value is -1.26. The lowest BCUT2D eigenvalue weighted by Gasteiger charge is -2.16. The van der Waals surface area contributed by atoms with Crippen molar-refractivity contribution in [2.45, 2.75) is 6.10 Å². The smallest absolute Gasteiger partial charge is 0.157 e. The first kappa shape index (κ1) is 10.8. The first-order valence-corrected chi connectivity index (χ1v) is 4.35. The van der Waals surface area contributed by atoms with Crippen LogP contribution in [0.15, 0.2) is 18.2 Å². The summed E-state index contributed by atoms with van der Waals surface area (Å²) in [5.74, 6) is -0.383. The second kappa shape index (κ2) is 4.30. The topological polar surface area (TPSA) is 63.9 Å². The van der Waals surface area contributed by atoms with E-state index < -0.39 is 6.10 Å². The average molecular weight is 197 g/mol. The van der Waals surface area contributed by atoms with Gasteiger partial charge in [-0.1, -0.05) is 6.07 Å². The molecule has 1 aromatic carbocycles. The Morgan fingerprint density at radius 3 is 2.36 bits per heavy atom. The number of likely N-dealkylation sites (N-methyl/N-ethyl adjacent to an activating group) is 1. The van der Waals surface area contributed by atoms with Crippen LogP contribution >= 0.6 is 0 Å². The Balaban J connectivity index is 2.80. The fourth-order valence-electron chi connectivity index (χ4n) is 1.20. The van der Waals surface area contributed by atoms with Gasteiger partial charge in [0.05, 0.1) is 6.10 Å². The highest BCUT2D eigenvalue weighted by Gasteiger charge is 2.10. The third-order valence-electron chi connectivity index (χ3n) is 1.92. The molecule has 0 aliphatic heterocycles. The molecule has 1 aromatic rings. The molecular weight excluding hydrogens is 182 g/mol. The van der Waals surface area contributed by atoms with Gasteiger partial charge in [-0.3, -0.25) is 0 Å². The van der Waals surface area contributed by atoms with Gasteiger partial charge in [-0.2, -0.15) is 0 Å². The number of phenolic OH excluding ortho intramolecular Hbond substituents is 2. The number of phenols is 2. The largest absolute Gasteiger partial charge is 0.504 e. The van der Waals surface area contributed by atoms with Gasteiger partial charge in [0.25, 0.3) is 0 Å². The molecule has 0 saturated heterocycles. The summed E-state index contributed by atoms with van der Waals surface area (Å²) in [4.78, 5) is 1.84. The number of aliphatic hydroxyl groups is 1. The van der Waals surface area contributed by atoms with Crippen molar-refractivity contribution >= 4 is 0 Å². The zero-order valence-electron chi connectivity index (χ0n) is 8.31. The first-order chi connectivity index (χ1) is 6.50. The van der Waals surface area contributed by atoms with Gasteiger partial charge in [0, 0.05) is 6.54 Å². The van der Waals surface area contributed by atoms with Crippen molar-refractivity contribution < 1.29 is 15.3 Å². The zero-order chi connectivity index (χ0) is 10.7. The van der Waals surface area contributed by atoms with Crippen molar-refractivity contribution in [2.75, 3.05) is 20.6 Å². The average Bonchev–Trinajstić information content (AvgIpc) is 2.08. The van der Waals surface area contributed by atoms with E-state index in [1.54, 1.807) is 6.07 Å². The molecule has 0 aliphatic rings. The quantitative estimate of drug-likeness (QED) is 0.624. The summed E-state index contributed by atoms with van der Waals surface area (Å²) in [6.45, 7) is 0.476. The van der Waals surface area contributed by atoms with Crippen molar-refractivity contribution in [3.63, 3.8) is 0 Å². The Bertz CT molecular complexity index is 312. The molecule has 0 aromatic heterocycles. The van der Waals surface area contributed by atoms with Crippen molar-refractivity contribution in [2.24, 2.45) is 0 Å². The van der Waals surface area contributed by atoms with Crippen molar-refractivity contribution in [3.05, 3.63) is 23.8 Å². The lowest BCUT2D eigenvalue weighted by Crippen LogP contribution is -2.19. The minimum absolute atomic E-state index is 0.175. The molecule has 0 bridgehead atoms. The lowest BCUT2D eigenvalue weighted by molar-refractivity contribution is 0.138. The van der Waals surface area contributed by atoms with E-state index in [4.69, 9.17) is 5.11 Å². The van der Waals surface area contributed by atoms with Gasteiger partial charge in [0.15, 0.2) is 11.5 Å². The van der Waals surface area contributed by atoms with Crippen LogP contribution in [0.1, 0.15) is 11.7 Å². The molecule has 0 aliphatic carbocycles. The van der Waals surface area contributed by atoms with E-state index in [9.17, 15) is 10.2 Å². The van der Waals surface area contributed by atoms with Crippen LogP contribution in [-0.2, 0) is 0 Å². The summed E-state index contributed by atoms with van der Waals surface area (Å²) in [6, 6.07) is 4.32. The summed E-state index contributed by atoms with van der Waals surface area (Å²) in [5.41, 5.74) is 0.592. The highest BCUT2D eigenvalue weighted by Crippen LogP contribution is 2.27. The summed E-state index contributed by atoms with van der Waals surface area (Å²) in [5, 5.41) is 27.9. The molecule has 0 fully saturated rings. The van der Waals surface area contributed by atoms with Crippen LogP contribution in [0.4, 0.5) is 0 Å². The van der Waals surface area contributed by atoms with E-state index in [2.05, 4.69) is 0 Å². The van der Waals surface area contributed by atoms with Crippen LogP contribution in [0.2, 0.25) is 0 Å². The maximum atomic E-state index is 9.67. The van der Waals surface area contributed by atoms with E-state index in [0.717, 1.165) is 0 Å². The SMILES string of the molecule is CN(C)CC(O)c1ccc(O)c(O)c1. The summed E-state index contributed by atoms with van der Waals surface area (Å²) in [6.07, 6.45) is -0.656. The number of benzene rings is 1. The van der Waals surface area contributed by atoms with Gasteiger partial charge in [-0.15, -0.1) is 0 Å². The Morgan fingerprint density at radius 2 is 1.86 bits per heavy atom. The molecule has 1 unspecified atom stereocenters. The minimum Gasteiger partial charge on any atom is -0.504 e. The van der Waals surface area contributed by atoms with E-state index in [0.29, 0.717) is 12.1 Å². The monoisotopic (exact) mass is 197 g/mol. The van der Waals surface area contributed by atoms with E-state index in [1.807, 2.05) is 19.0 Å². The van der Waals surface area contributed by atoms with Gasteiger partial charge in [0.1, 0.15) is 0 Å². The zero-order valence-corrected chi connectivity index (χ0v) is 8.31. The number of hydrogen-bond donors (Lipinski definition) is 3. The van der Waals surface area contributed by atoms with Crippen LogP contribution in [0.3, 0.4) is 0 Å². The maximum absolute atomic E-state index is 9.67. The lowest BCUT2D eigenvalue weighted by atomic mass is 10.1. The van der Waals surface area contributed by atoms with Crippen LogP contribution < -0.4 is 0 Å². The molecular formula is C10H15NO3. The number of aromatic hydroxyl groups is 2. The molecule has 78 valence electrons. The number of hydrogen-bond acceptors (Lipinski definition) is 4. The second-order valence-electron chi connectivity index (χ2n) is 3.53. The van der Waals surface area contributed by atoms with Crippen LogP contribution in [0, 0.1) is 0 Å². The van der Waals surface area contributed by atoms with Crippen molar-refractivity contribution in [1.29, 1.82) is 0 Å². The number of nitrogens with zero attached hydrogens (tertiary/aromatic N) is 1. The molecule has 0 spiro atoms. The number of rotatable bonds is 3. The molecule has 0 amide bonds. The first-order valence-electron chi connectivity index (χ1n) is 4.35. The summed E-state index contributed by atoms with van der Waals surface area (Å²) >= 11 is 0. The maximum Gasteiger partial charge on any atom is 0.157 e. The van der Waals surface area contributed by atoms with Gasteiger partial charge in [0.2, 0.25) is 0 Å². The molecule has 1 rings (SSSR count). The Labute approximate surface area is 83.0 Å². The minimum atomic E-state index is -0.656. The van der Waals surface area contributed by atoms with Crippen LogP contribution in [0.5, 0.6) is 11.5 Å². The third kappa shape index (κ3) is 2.61. The normalized spacial score (nSPS) is 13.1. The standard InChI is InChI=1S/C10H15NO3/c1-11(2)6-10(14)7-3-4-8(12)9(13)5-7/h3-5,10,12-14H,6H2,1-2H3. The molecule has 14 heavy (non-hydrogen) atoms. The highest BCUT2D eigenvalue weighted by molar-refractivity contribution is 5.41. The van der Waals surface area contributed by atoms with Crippen molar-refractivity contribution in [3.8, 4) is 11.5 Å². The molecule has 4 heteroatoms. The summed E-state index contributed by atoms with van der Waals surface area (Å²) < 4.78 is 0. The Kier molecular flexibility index (Phi) is 3.33. The highest BCUT2D eigenvalue weighted by atomic mass is 16.3. The molecule has 4 nitrogen and oxygen atoms in total. The van der Waals surface area contributed by atoms with Gasteiger partial charge in [-0.05, 0) is 31.8 Å². The van der Waals surface area contributed by atoms with Crippen molar-refractivity contribution in [1.82, 2.24) is 4.90 Å². The van der Waals surface area contributed by atoms with Gasteiger partial charge >= 0.3 is 0 Å². The van der Waals surface area contributed by atoms with E-state index in [1.165, 1.54) is 12.1 Å². The molecule has 0 saturated carbocycles. The molecule has 1 atom stereocenters. The van der Waals surface area contributed by atoms with E-state index >= 15 is 0 Å². The summed E-state index contributed by atoms with van der Waals surface area (Å²) in [7, 11) is 3.70. The molecule has 0 heterocycles. The molecule has 0 radical (unpaired) electrons. The molecule has 3 N–H and O–H groups in total. The Morgan fingerprint density at radius 1 is 1.21 bits per heavy atom. The van der Waals surface area contributed by atoms with Gasteiger partial charge in [-0.25, -0.2) is 0 Å². The van der Waals surface area contributed by atoms with Crippen LogP contribution in [0.25, 0.3) is 0 Å². The predicted molar refractivity (Wildman–Crippen MR) is 53.3 cm³/mol. The fourth-order valence-corrected chi connectivity index (χ4v) is 1.20. The third-order valence-corrected chi connectivity index (χ3v) is 1.92. The van der Waals surface area contributed by atoms with E-state index in [-0.39, 0.29) is 11.5 Å². The number of aliphatic hydroxyl groups excluding tert-OH is 1. The predicted octanol–water partition coefficient (Wildman–Crippen LogP) is 0.693. The second-order valence-corrected chi connectivity index (χ2v) is 3.53. The fraction of sp³-hybridized carbons (Fsp3) is 0.400. The van der Waals surface area contributed by atoms with Crippen LogP contribution in [-0.4, -0.2) is 40.9 Å². The van der Waals surface area contributed by atoms with Gasteiger partial charge < -0.3 is 20.2 Å².